The summed E-state index contributed by atoms with van der Waals surface area (Å²) in [5.74, 6) is 1.63. The molecule has 1 N–H and O–H groups in total. The highest BCUT2D eigenvalue weighted by Crippen LogP contribution is 2.19. The van der Waals surface area contributed by atoms with Crippen LogP contribution < -0.4 is 5.32 Å². The van der Waals surface area contributed by atoms with Crippen LogP contribution in [0.25, 0.3) is 0 Å². The van der Waals surface area contributed by atoms with Crippen molar-refractivity contribution >= 4 is 5.91 Å². The summed E-state index contributed by atoms with van der Waals surface area (Å²) in [7, 11) is 0. The molecule has 0 saturated carbocycles. The summed E-state index contributed by atoms with van der Waals surface area (Å²) in [4.78, 5) is 10.9. The molecule has 1 aliphatic heterocycles. The Morgan fingerprint density at radius 2 is 2.27 bits per heavy atom. The van der Waals surface area contributed by atoms with Crippen LogP contribution >= 0.6 is 0 Å². The number of carbonyl (C=O) groups is 1. The third-order valence-electron chi connectivity index (χ3n) is 2.48. The molecule has 0 unspecified atom stereocenters. The minimum atomic E-state index is 0.230. The molecule has 1 rings (SSSR count). The molecule has 1 saturated heterocycles. The second kappa shape index (κ2) is 3.74. The molecular formula is C9H17NO. The molecule has 1 aliphatic rings. The Labute approximate surface area is 68.4 Å². The second-order valence-electron chi connectivity index (χ2n) is 3.70. The molecule has 0 aromatic carbocycles. The zero-order valence-corrected chi connectivity index (χ0v) is 7.39. The molecule has 1 amide bonds. The van der Waals surface area contributed by atoms with Crippen molar-refractivity contribution in [2.75, 3.05) is 6.54 Å². The van der Waals surface area contributed by atoms with E-state index in [4.69, 9.17) is 0 Å². The van der Waals surface area contributed by atoms with Crippen molar-refractivity contribution in [1.29, 1.82) is 0 Å². The molecule has 64 valence electrons. The van der Waals surface area contributed by atoms with Crippen molar-refractivity contribution in [3.05, 3.63) is 0 Å². The Kier molecular flexibility index (Phi) is 2.92. The fraction of sp³-hybridized carbons (Fsp3) is 0.889. The summed E-state index contributed by atoms with van der Waals surface area (Å²) in [6.45, 7) is 5.33. The molecule has 0 aromatic rings. The lowest BCUT2D eigenvalue weighted by Gasteiger charge is -2.17. The predicted octanol–water partition coefficient (Wildman–Crippen LogP) is 1.56. The first-order chi connectivity index (χ1) is 5.20. The van der Waals surface area contributed by atoms with Gasteiger partial charge in [0.2, 0.25) is 5.91 Å². The fourth-order valence-corrected chi connectivity index (χ4v) is 1.53. The Hall–Kier alpha value is -0.530. The van der Waals surface area contributed by atoms with Gasteiger partial charge in [0, 0.05) is 13.0 Å². The summed E-state index contributed by atoms with van der Waals surface area (Å²) >= 11 is 0. The maximum absolute atomic E-state index is 10.9. The van der Waals surface area contributed by atoms with E-state index in [1.54, 1.807) is 0 Å². The lowest BCUT2D eigenvalue weighted by atomic mass is 9.92. The number of nitrogens with one attached hydrogen (secondary N) is 1. The molecule has 0 spiro atoms. The largest absolute Gasteiger partial charge is 0.356 e. The van der Waals surface area contributed by atoms with Crippen molar-refractivity contribution in [1.82, 2.24) is 5.32 Å². The quantitative estimate of drug-likeness (QED) is 0.611. The smallest absolute Gasteiger partial charge is 0.220 e. The molecule has 1 heterocycles. The molecule has 0 radical (unpaired) electrons. The van der Waals surface area contributed by atoms with Crippen LogP contribution in [0.4, 0.5) is 0 Å². The normalized spacial score (nSPS) is 26.5. The van der Waals surface area contributed by atoms with E-state index in [-0.39, 0.29) is 5.91 Å². The minimum Gasteiger partial charge on any atom is -0.356 e. The topological polar surface area (TPSA) is 29.1 Å². The van der Waals surface area contributed by atoms with Gasteiger partial charge in [0.25, 0.3) is 0 Å². The molecule has 2 heteroatoms. The van der Waals surface area contributed by atoms with Crippen molar-refractivity contribution in [2.24, 2.45) is 11.8 Å². The average Bonchev–Trinajstić information content (AvgIpc) is 2.13. The van der Waals surface area contributed by atoms with Crippen LogP contribution in [0.15, 0.2) is 0 Å². The highest BCUT2D eigenvalue weighted by Gasteiger charge is 2.17. The van der Waals surface area contributed by atoms with Crippen LogP contribution in [0.3, 0.4) is 0 Å². The number of rotatable bonds is 1. The van der Waals surface area contributed by atoms with Crippen LogP contribution in [0, 0.1) is 11.8 Å². The lowest BCUT2D eigenvalue weighted by Crippen LogP contribution is -2.27. The highest BCUT2D eigenvalue weighted by molar-refractivity contribution is 5.76. The van der Waals surface area contributed by atoms with Gasteiger partial charge in [0.05, 0.1) is 0 Å². The van der Waals surface area contributed by atoms with E-state index >= 15 is 0 Å². The maximum atomic E-state index is 10.9. The predicted molar refractivity (Wildman–Crippen MR) is 45.2 cm³/mol. The van der Waals surface area contributed by atoms with Gasteiger partial charge in [0.15, 0.2) is 0 Å². The Morgan fingerprint density at radius 1 is 1.55 bits per heavy atom. The zero-order chi connectivity index (χ0) is 8.27. The van der Waals surface area contributed by atoms with Gasteiger partial charge in [-0.1, -0.05) is 13.8 Å². The fourth-order valence-electron chi connectivity index (χ4n) is 1.53. The first kappa shape index (κ1) is 8.57. The summed E-state index contributed by atoms with van der Waals surface area (Å²) in [5.41, 5.74) is 0. The Bertz CT molecular complexity index is 142. The van der Waals surface area contributed by atoms with Crippen LogP contribution in [0.1, 0.15) is 33.1 Å². The second-order valence-corrected chi connectivity index (χ2v) is 3.70. The van der Waals surface area contributed by atoms with Gasteiger partial charge in [-0.3, -0.25) is 4.79 Å². The molecule has 2 nitrogen and oxygen atoms in total. The summed E-state index contributed by atoms with van der Waals surface area (Å²) < 4.78 is 0. The Morgan fingerprint density at radius 3 is 2.91 bits per heavy atom. The molecule has 1 fully saturated rings. The third kappa shape index (κ3) is 2.52. The van der Waals surface area contributed by atoms with E-state index in [0.29, 0.717) is 11.8 Å². The molecule has 0 aliphatic carbocycles. The van der Waals surface area contributed by atoms with E-state index in [1.165, 1.54) is 6.42 Å². The number of hydrogen-bond acceptors (Lipinski definition) is 1. The maximum Gasteiger partial charge on any atom is 0.220 e. The molecule has 11 heavy (non-hydrogen) atoms. The SMILES string of the molecule is CC(C)[C@H]1CCCC(=O)NC1. The molecular weight excluding hydrogens is 138 g/mol. The van der Waals surface area contributed by atoms with Gasteiger partial charge in [-0.2, -0.15) is 0 Å². The highest BCUT2D eigenvalue weighted by atomic mass is 16.1. The lowest BCUT2D eigenvalue weighted by molar-refractivity contribution is -0.120. The van der Waals surface area contributed by atoms with Crippen LogP contribution in [-0.2, 0) is 4.79 Å². The first-order valence-corrected chi connectivity index (χ1v) is 4.47. The molecule has 0 aromatic heterocycles. The van der Waals surface area contributed by atoms with Crippen LogP contribution in [0.2, 0.25) is 0 Å². The van der Waals surface area contributed by atoms with Crippen molar-refractivity contribution in [3.8, 4) is 0 Å². The van der Waals surface area contributed by atoms with Gasteiger partial charge in [-0.25, -0.2) is 0 Å². The van der Waals surface area contributed by atoms with E-state index in [2.05, 4.69) is 19.2 Å². The van der Waals surface area contributed by atoms with Crippen LogP contribution in [-0.4, -0.2) is 12.5 Å². The van der Waals surface area contributed by atoms with Gasteiger partial charge >= 0.3 is 0 Å². The van der Waals surface area contributed by atoms with Gasteiger partial charge < -0.3 is 5.32 Å². The van der Waals surface area contributed by atoms with E-state index < -0.39 is 0 Å². The summed E-state index contributed by atoms with van der Waals surface area (Å²) in [5, 5.41) is 2.94. The van der Waals surface area contributed by atoms with E-state index in [9.17, 15) is 4.79 Å². The molecule has 1 atom stereocenters. The number of amides is 1. The average molecular weight is 155 g/mol. The van der Waals surface area contributed by atoms with Gasteiger partial charge in [-0.05, 0) is 24.7 Å². The minimum absolute atomic E-state index is 0.230. The van der Waals surface area contributed by atoms with Crippen molar-refractivity contribution in [2.45, 2.75) is 33.1 Å². The zero-order valence-electron chi connectivity index (χ0n) is 7.39. The summed E-state index contributed by atoms with van der Waals surface area (Å²) in [6.07, 6.45) is 2.99. The van der Waals surface area contributed by atoms with Crippen molar-refractivity contribution < 1.29 is 4.79 Å². The van der Waals surface area contributed by atoms with Crippen LogP contribution in [0.5, 0.6) is 0 Å². The number of carbonyl (C=O) groups excluding carboxylic acids is 1. The van der Waals surface area contributed by atoms with Gasteiger partial charge in [-0.15, -0.1) is 0 Å². The number of hydrogen-bond donors (Lipinski definition) is 1. The van der Waals surface area contributed by atoms with Gasteiger partial charge in [0.1, 0.15) is 0 Å². The summed E-state index contributed by atoms with van der Waals surface area (Å²) in [6, 6.07) is 0. The standard InChI is InChI=1S/C9H17NO/c1-7(2)8-4-3-5-9(11)10-6-8/h7-8H,3-6H2,1-2H3,(H,10,11)/t8-/m0/s1. The van der Waals surface area contributed by atoms with E-state index in [1.807, 2.05) is 0 Å². The Balaban J connectivity index is 2.40. The van der Waals surface area contributed by atoms with E-state index in [0.717, 1.165) is 19.4 Å². The molecule has 0 bridgehead atoms. The monoisotopic (exact) mass is 155 g/mol. The third-order valence-corrected chi connectivity index (χ3v) is 2.48. The van der Waals surface area contributed by atoms with Crippen molar-refractivity contribution in [3.63, 3.8) is 0 Å². The first-order valence-electron chi connectivity index (χ1n) is 4.47.